The summed E-state index contributed by atoms with van der Waals surface area (Å²) in [4.78, 5) is 21.0. The van der Waals surface area contributed by atoms with Gasteiger partial charge in [-0.05, 0) is 12.8 Å². The summed E-state index contributed by atoms with van der Waals surface area (Å²) in [5.41, 5.74) is 0. The second-order valence-electron chi connectivity index (χ2n) is 2.83. The maximum atomic E-state index is 10.5. The molecule has 6 heteroatoms. The maximum Gasteiger partial charge on any atom is 0.185 e. The number of carbonyl (C=O) groups is 2. The molecule has 16 heavy (non-hydrogen) atoms. The molecule has 0 aromatic heterocycles. The maximum absolute atomic E-state index is 10.5. The van der Waals surface area contributed by atoms with Crippen LogP contribution >= 0.6 is 23.5 Å². The summed E-state index contributed by atoms with van der Waals surface area (Å²) >= 11 is 2.71. The summed E-state index contributed by atoms with van der Waals surface area (Å²) in [6.07, 6.45) is 2.04. The SMILES string of the molecule is CC(=O)SCCCCSC(C)=O.OCCO. The van der Waals surface area contributed by atoms with Gasteiger partial charge in [-0.15, -0.1) is 0 Å². The molecule has 0 fully saturated rings. The van der Waals surface area contributed by atoms with Gasteiger partial charge in [0.15, 0.2) is 10.2 Å². The fourth-order valence-corrected chi connectivity index (χ4v) is 1.91. The van der Waals surface area contributed by atoms with Gasteiger partial charge in [0.05, 0.1) is 13.2 Å². The van der Waals surface area contributed by atoms with Gasteiger partial charge >= 0.3 is 0 Å². The third kappa shape index (κ3) is 23.6. The van der Waals surface area contributed by atoms with Crippen LogP contribution in [0.4, 0.5) is 0 Å². The third-order valence-corrected chi connectivity index (χ3v) is 3.05. The quantitative estimate of drug-likeness (QED) is 0.707. The van der Waals surface area contributed by atoms with E-state index in [1.807, 2.05) is 0 Å². The molecule has 0 unspecified atom stereocenters. The van der Waals surface area contributed by atoms with Crippen LogP contribution in [0.2, 0.25) is 0 Å². The van der Waals surface area contributed by atoms with Crippen molar-refractivity contribution in [2.75, 3.05) is 24.7 Å². The Morgan fingerprint density at radius 3 is 1.38 bits per heavy atom. The van der Waals surface area contributed by atoms with Crippen LogP contribution in [-0.2, 0) is 9.59 Å². The lowest BCUT2D eigenvalue weighted by Gasteiger charge is -1.96. The standard InChI is InChI=1S/C8H14O2S2.C2H6O2/c1-7(9)11-5-3-4-6-12-8(2)10;3-1-2-4/h3-6H2,1-2H3;3-4H,1-2H2. The number of hydrogen-bond acceptors (Lipinski definition) is 6. The molecule has 4 nitrogen and oxygen atoms in total. The Balaban J connectivity index is 0. The van der Waals surface area contributed by atoms with Crippen molar-refractivity contribution in [3.05, 3.63) is 0 Å². The Labute approximate surface area is 105 Å². The minimum absolute atomic E-state index is 0.125. The van der Waals surface area contributed by atoms with E-state index in [9.17, 15) is 9.59 Å². The second kappa shape index (κ2) is 15.0. The molecule has 0 saturated heterocycles. The van der Waals surface area contributed by atoms with Crippen molar-refractivity contribution in [2.45, 2.75) is 26.7 Å². The van der Waals surface area contributed by atoms with Crippen molar-refractivity contribution in [1.82, 2.24) is 0 Å². The van der Waals surface area contributed by atoms with Gasteiger partial charge in [-0.3, -0.25) is 9.59 Å². The molecule has 0 atom stereocenters. The third-order valence-electron chi connectivity index (χ3n) is 1.25. The van der Waals surface area contributed by atoms with Crippen molar-refractivity contribution in [3.63, 3.8) is 0 Å². The van der Waals surface area contributed by atoms with Crippen LogP contribution in [0.5, 0.6) is 0 Å². The highest BCUT2D eigenvalue weighted by molar-refractivity contribution is 8.13. The van der Waals surface area contributed by atoms with E-state index in [1.165, 1.54) is 23.5 Å². The summed E-state index contributed by atoms with van der Waals surface area (Å²) in [6, 6.07) is 0. The van der Waals surface area contributed by atoms with Crippen LogP contribution in [0, 0.1) is 0 Å². The van der Waals surface area contributed by atoms with Gasteiger partial charge in [-0.2, -0.15) is 0 Å². The number of thioether (sulfide) groups is 2. The van der Waals surface area contributed by atoms with Crippen molar-refractivity contribution in [1.29, 1.82) is 0 Å². The first-order valence-electron chi connectivity index (χ1n) is 5.03. The highest BCUT2D eigenvalue weighted by Crippen LogP contribution is 2.09. The lowest BCUT2D eigenvalue weighted by atomic mass is 10.4. The Morgan fingerprint density at radius 2 is 1.19 bits per heavy atom. The van der Waals surface area contributed by atoms with E-state index in [-0.39, 0.29) is 23.4 Å². The average Bonchev–Trinajstić information content (AvgIpc) is 2.23. The van der Waals surface area contributed by atoms with E-state index in [1.54, 1.807) is 13.8 Å². The molecule has 0 saturated carbocycles. The smallest absolute Gasteiger partial charge is 0.185 e. The largest absolute Gasteiger partial charge is 0.394 e. The van der Waals surface area contributed by atoms with E-state index in [0.29, 0.717) is 0 Å². The summed E-state index contributed by atoms with van der Waals surface area (Å²) in [7, 11) is 0. The summed E-state index contributed by atoms with van der Waals surface area (Å²) in [5, 5.41) is 15.6. The molecule has 2 N–H and O–H groups in total. The monoisotopic (exact) mass is 268 g/mol. The second-order valence-corrected chi connectivity index (χ2v) is 5.38. The minimum atomic E-state index is -0.125. The van der Waals surface area contributed by atoms with Crippen LogP contribution in [0.15, 0.2) is 0 Å². The molecule has 0 radical (unpaired) electrons. The van der Waals surface area contributed by atoms with E-state index < -0.39 is 0 Å². The molecule has 0 aliphatic carbocycles. The van der Waals surface area contributed by atoms with Gasteiger partial charge in [0.2, 0.25) is 0 Å². The normalized spacial score (nSPS) is 9.25. The van der Waals surface area contributed by atoms with Gasteiger partial charge in [0.25, 0.3) is 0 Å². The zero-order valence-corrected chi connectivity index (χ0v) is 11.4. The van der Waals surface area contributed by atoms with Crippen LogP contribution in [-0.4, -0.2) is 45.2 Å². The zero-order valence-electron chi connectivity index (χ0n) is 9.77. The number of rotatable bonds is 6. The Bertz CT molecular complexity index is 166. The molecule has 0 amide bonds. The molecule has 0 aliphatic rings. The molecule has 0 heterocycles. The lowest BCUT2D eigenvalue weighted by Crippen LogP contribution is -1.90. The van der Waals surface area contributed by atoms with Crippen LogP contribution in [0.25, 0.3) is 0 Å². The number of unbranched alkanes of at least 4 members (excludes halogenated alkanes) is 1. The predicted molar refractivity (Wildman–Crippen MR) is 69.7 cm³/mol. The van der Waals surface area contributed by atoms with Gasteiger partial charge in [0.1, 0.15) is 0 Å². The van der Waals surface area contributed by atoms with E-state index in [0.717, 1.165) is 24.3 Å². The topological polar surface area (TPSA) is 74.6 Å². The van der Waals surface area contributed by atoms with Crippen LogP contribution in [0.3, 0.4) is 0 Å². The number of carbonyl (C=O) groups excluding carboxylic acids is 2. The first kappa shape index (κ1) is 18.3. The van der Waals surface area contributed by atoms with Crippen molar-refractivity contribution in [2.24, 2.45) is 0 Å². The molecule has 0 aliphatic heterocycles. The fourth-order valence-electron chi connectivity index (χ4n) is 0.636. The predicted octanol–water partition coefficient (Wildman–Crippen LogP) is 1.30. The Kier molecular flexibility index (Phi) is 17.1. The van der Waals surface area contributed by atoms with E-state index in [4.69, 9.17) is 10.2 Å². The number of hydrogen-bond donors (Lipinski definition) is 2. The molecule has 0 rings (SSSR count). The number of aliphatic hydroxyl groups excluding tert-OH is 2. The number of aliphatic hydroxyl groups is 2. The summed E-state index contributed by atoms with van der Waals surface area (Å²) in [5.74, 6) is 1.77. The molecule has 0 bridgehead atoms. The van der Waals surface area contributed by atoms with Crippen molar-refractivity contribution < 1.29 is 19.8 Å². The minimum Gasteiger partial charge on any atom is -0.394 e. The highest BCUT2D eigenvalue weighted by atomic mass is 32.2. The molecule has 0 aromatic rings. The van der Waals surface area contributed by atoms with E-state index in [2.05, 4.69) is 0 Å². The van der Waals surface area contributed by atoms with Crippen LogP contribution in [0.1, 0.15) is 26.7 Å². The summed E-state index contributed by atoms with van der Waals surface area (Å²) in [6.45, 7) is 2.91. The first-order chi connectivity index (χ1) is 7.54. The fraction of sp³-hybridized carbons (Fsp3) is 0.800. The molecule has 0 aromatic carbocycles. The molecule has 0 spiro atoms. The van der Waals surface area contributed by atoms with Gasteiger partial charge in [-0.25, -0.2) is 0 Å². The van der Waals surface area contributed by atoms with Crippen molar-refractivity contribution in [3.8, 4) is 0 Å². The Morgan fingerprint density at radius 1 is 0.875 bits per heavy atom. The first-order valence-corrected chi connectivity index (χ1v) is 7.00. The van der Waals surface area contributed by atoms with Crippen molar-refractivity contribution >= 4 is 33.8 Å². The van der Waals surface area contributed by atoms with Crippen LogP contribution < -0.4 is 0 Å². The Hall–Kier alpha value is -0.0400. The summed E-state index contributed by atoms with van der Waals surface area (Å²) < 4.78 is 0. The zero-order chi connectivity index (χ0) is 12.8. The average molecular weight is 268 g/mol. The van der Waals surface area contributed by atoms with E-state index >= 15 is 0 Å². The molecular weight excluding hydrogens is 248 g/mol. The van der Waals surface area contributed by atoms with Gasteiger partial charge < -0.3 is 10.2 Å². The lowest BCUT2D eigenvalue weighted by molar-refractivity contribution is -0.109. The van der Waals surface area contributed by atoms with Gasteiger partial charge in [0, 0.05) is 25.4 Å². The molecule has 96 valence electrons. The van der Waals surface area contributed by atoms with Gasteiger partial charge in [-0.1, -0.05) is 23.5 Å². The molecular formula is C10H20O4S2. The highest BCUT2D eigenvalue weighted by Gasteiger charge is 1.96.